The molecule has 31 heavy (non-hydrogen) atoms. The third-order valence-corrected chi connectivity index (χ3v) is 6.38. The first-order chi connectivity index (χ1) is 15.2. The number of anilines is 1. The van der Waals surface area contributed by atoms with Crippen molar-refractivity contribution < 1.29 is 9.32 Å². The summed E-state index contributed by atoms with van der Waals surface area (Å²) in [4.78, 5) is 29.2. The number of piperazine rings is 1. The van der Waals surface area contributed by atoms with E-state index in [-0.39, 0.29) is 5.92 Å². The van der Waals surface area contributed by atoms with E-state index in [2.05, 4.69) is 36.7 Å². The Morgan fingerprint density at radius 2 is 2.03 bits per heavy atom. The number of rotatable bonds is 7. The molecule has 2 fully saturated rings. The van der Waals surface area contributed by atoms with E-state index < -0.39 is 0 Å². The zero-order valence-corrected chi connectivity index (χ0v) is 18.8. The van der Waals surface area contributed by atoms with Crippen molar-refractivity contribution in [1.29, 1.82) is 0 Å². The summed E-state index contributed by atoms with van der Waals surface area (Å²) in [6, 6.07) is 3.87. The molecule has 0 N–H and O–H groups in total. The van der Waals surface area contributed by atoms with Gasteiger partial charge in [-0.15, -0.1) is 0 Å². The molecule has 0 saturated carbocycles. The lowest BCUT2D eigenvalue weighted by atomic mass is 9.95. The van der Waals surface area contributed by atoms with Crippen molar-refractivity contribution >= 4 is 11.7 Å². The minimum absolute atomic E-state index is 0.0160. The monoisotopic (exact) mass is 426 g/mol. The highest BCUT2D eigenvalue weighted by Gasteiger charge is 2.32. The summed E-state index contributed by atoms with van der Waals surface area (Å²) in [5.74, 6) is 2.34. The van der Waals surface area contributed by atoms with Crippen LogP contribution in [-0.4, -0.2) is 76.6 Å². The minimum Gasteiger partial charge on any atom is -0.355 e. The zero-order valence-electron chi connectivity index (χ0n) is 18.8. The lowest BCUT2D eigenvalue weighted by Crippen LogP contribution is -2.52. The third-order valence-electron chi connectivity index (χ3n) is 6.38. The second kappa shape index (κ2) is 10.2. The van der Waals surface area contributed by atoms with E-state index in [1.54, 1.807) is 6.20 Å². The van der Waals surface area contributed by atoms with Gasteiger partial charge in [-0.3, -0.25) is 9.69 Å². The predicted octanol–water partition coefficient (Wildman–Crippen LogP) is 2.85. The maximum Gasteiger partial charge on any atom is 0.227 e. The van der Waals surface area contributed by atoms with Crippen LogP contribution in [0.4, 0.5) is 5.82 Å². The molecular weight excluding hydrogens is 392 g/mol. The molecule has 2 aliphatic heterocycles. The Bertz CT molecular complexity index is 861. The van der Waals surface area contributed by atoms with Gasteiger partial charge in [0.1, 0.15) is 5.82 Å². The maximum absolute atomic E-state index is 13.3. The summed E-state index contributed by atoms with van der Waals surface area (Å²) < 4.78 is 5.31. The number of aromatic nitrogens is 3. The Kier molecular flexibility index (Phi) is 7.17. The molecule has 2 aliphatic rings. The largest absolute Gasteiger partial charge is 0.355 e. The first-order valence-electron chi connectivity index (χ1n) is 11.7. The Balaban J connectivity index is 1.42. The second-order valence-corrected chi connectivity index (χ2v) is 8.55. The fourth-order valence-corrected chi connectivity index (χ4v) is 4.53. The van der Waals surface area contributed by atoms with Crippen LogP contribution in [-0.2, 0) is 11.2 Å². The lowest BCUT2D eigenvalue weighted by molar-refractivity contribution is -0.137. The number of aryl methyl sites for hydroxylation is 1. The van der Waals surface area contributed by atoms with Crippen molar-refractivity contribution in [2.24, 2.45) is 5.92 Å². The van der Waals surface area contributed by atoms with Gasteiger partial charge in [0, 0.05) is 51.9 Å². The smallest absolute Gasteiger partial charge is 0.227 e. The molecule has 4 heterocycles. The standard InChI is InChI=1S/C23H34N6O2/c1-3-5-11-27-13-15-28(16-14-27)23(30)18-8-7-12-29(17-18)22-19(9-6-10-24-22)21-25-20(4-2)31-26-21/h6,9-10,18H,3-5,7-8,11-17H2,1-2H3/t18-/m0/s1. The van der Waals surface area contributed by atoms with Crippen molar-refractivity contribution in [3.05, 3.63) is 24.2 Å². The Hall–Kier alpha value is -2.48. The van der Waals surface area contributed by atoms with Crippen molar-refractivity contribution in [2.45, 2.75) is 46.0 Å². The van der Waals surface area contributed by atoms with Gasteiger partial charge in [0.05, 0.1) is 11.5 Å². The molecule has 2 saturated heterocycles. The molecule has 1 atom stereocenters. The maximum atomic E-state index is 13.3. The molecule has 8 nitrogen and oxygen atoms in total. The van der Waals surface area contributed by atoms with Gasteiger partial charge < -0.3 is 14.3 Å². The predicted molar refractivity (Wildman–Crippen MR) is 120 cm³/mol. The number of carbonyl (C=O) groups excluding carboxylic acids is 1. The summed E-state index contributed by atoms with van der Waals surface area (Å²) in [5.41, 5.74) is 0.864. The van der Waals surface area contributed by atoms with Gasteiger partial charge in [-0.25, -0.2) is 4.98 Å². The highest BCUT2D eigenvalue weighted by molar-refractivity contribution is 5.80. The van der Waals surface area contributed by atoms with E-state index in [9.17, 15) is 4.79 Å². The molecule has 168 valence electrons. The number of piperidine rings is 1. The molecule has 2 aromatic rings. The molecule has 0 spiro atoms. The molecule has 2 aromatic heterocycles. The topological polar surface area (TPSA) is 78.6 Å². The molecule has 4 rings (SSSR count). The second-order valence-electron chi connectivity index (χ2n) is 8.55. The van der Waals surface area contributed by atoms with Gasteiger partial charge in [0.2, 0.25) is 17.6 Å². The molecule has 0 aliphatic carbocycles. The molecule has 0 bridgehead atoms. The van der Waals surface area contributed by atoms with E-state index in [4.69, 9.17) is 4.52 Å². The average molecular weight is 427 g/mol. The first-order valence-corrected chi connectivity index (χ1v) is 11.7. The van der Waals surface area contributed by atoms with Gasteiger partial charge >= 0.3 is 0 Å². The average Bonchev–Trinajstić information content (AvgIpc) is 3.32. The molecule has 0 radical (unpaired) electrons. The van der Waals surface area contributed by atoms with Crippen molar-refractivity contribution in [2.75, 3.05) is 50.7 Å². The summed E-state index contributed by atoms with van der Waals surface area (Å²) >= 11 is 0. The SMILES string of the molecule is CCCCN1CCN(C(=O)[C@H]2CCCN(c3ncccc3-c3noc(CC)n3)C2)CC1. The molecule has 1 amide bonds. The zero-order chi connectivity index (χ0) is 21.6. The fourth-order valence-electron chi connectivity index (χ4n) is 4.53. The van der Waals surface area contributed by atoms with Crippen LogP contribution in [0.2, 0.25) is 0 Å². The summed E-state index contributed by atoms with van der Waals surface area (Å²) in [5, 5.41) is 4.14. The van der Waals surface area contributed by atoms with Crippen LogP contribution in [0, 0.1) is 5.92 Å². The van der Waals surface area contributed by atoms with Gasteiger partial charge in [-0.2, -0.15) is 4.98 Å². The normalized spacial score (nSPS) is 20.3. The highest BCUT2D eigenvalue weighted by Crippen LogP contribution is 2.30. The van der Waals surface area contributed by atoms with Crippen LogP contribution in [0.25, 0.3) is 11.4 Å². The number of amides is 1. The molecule has 0 aromatic carbocycles. The quantitative estimate of drug-likeness (QED) is 0.674. The fraction of sp³-hybridized carbons (Fsp3) is 0.652. The van der Waals surface area contributed by atoms with Gasteiger partial charge in [0.25, 0.3) is 0 Å². The number of unbranched alkanes of at least 4 members (excludes halogenated alkanes) is 1. The van der Waals surface area contributed by atoms with E-state index in [1.807, 2.05) is 19.1 Å². The molecule has 8 heteroatoms. The van der Waals surface area contributed by atoms with Gasteiger partial charge in [0.15, 0.2) is 0 Å². The van der Waals surface area contributed by atoms with E-state index in [1.165, 1.54) is 12.8 Å². The summed E-state index contributed by atoms with van der Waals surface area (Å²) in [6.45, 7) is 10.6. The van der Waals surface area contributed by atoms with Crippen LogP contribution in [0.15, 0.2) is 22.9 Å². The Morgan fingerprint density at radius 3 is 2.77 bits per heavy atom. The van der Waals surface area contributed by atoms with E-state index in [0.717, 1.165) is 63.5 Å². The number of carbonyl (C=O) groups is 1. The highest BCUT2D eigenvalue weighted by atomic mass is 16.5. The van der Waals surface area contributed by atoms with E-state index in [0.29, 0.717) is 30.6 Å². The van der Waals surface area contributed by atoms with Crippen molar-refractivity contribution in [3.8, 4) is 11.4 Å². The van der Waals surface area contributed by atoms with Crippen LogP contribution in [0.5, 0.6) is 0 Å². The number of pyridine rings is 1. The first kappa shape index (κ1) is 21.7. The number of hydrogen-bond acceptors (Lipinski definition) is 7. The van der Waals surface area contributed by atoms with Crippen LogP contribution in [0.3, 0.4) is 0 Å². The minimum atomic E-state index is 0.0160. The van der Waals surface area contributed by atoms with Crippen molar-refractivity contribution in [1.82, 2.24) is 24.9 Å². The van der Waals surface area contributed by atoms with Crippen LogP contribution < -0.4 is 4.90 Å². The molecular formula is C23H34N6O2. The summed E-state index contributed by atoms with van der Waals surface area (Å²) in [7, 11) is 0. The Labute approximate surface area is 184 Å². The lowest BCUT2D eigenvalue weighted by Gasteiger charge is -2.39. The number of nitrogens with zero attached hydrogens (tertiary/aromatic N) is 6. The number of hydrogen-bond donors (Lipinski definition) is 0. The molecule has 0 unspecified atom stereocenters. The van der Waals surface area contributed by atoms with Crippen LogP contribution >= 0.6 is 0 Å². The van der Waals surface area contributed by atoms with Gasteiger partial charge in [-0.1, -0.05) is 25.4 Å². The van der Waals surface area contributed by atoms with Gasteiger partial charge in [-0.05, 0) is 37.9 Å². The third kappa shape index (κ3) is 5.06. The van der Waals surface area contributed by atoms with Crippen molar-refractivity contribution in [3.63, 3.8) is 0 Å². The Morgan fingerprint density at radius 1 is 1.19 bits per heavy atom. The van der Waals surface area contributed by atoms with E-state index >= 15 is 0 Å². The summed E-state index contributed by atoms with van der Waals surface area (Å²) in [6.07, 6.45) is 6.87. The van der Waals surface area contributed by atoms with Crippen LogP contribution in [0.1, 0.15) is 45.4 Å².